The number of hydrogen-bond donors (Lipinski definition) is 1. The third kappa shape index (κ3) is 4.20. The van der Waals surface area contributed by atoms with Crippen molar-refractivity contribution in [2.24, 2.45) is 0 Å². The molecule has 25 heavy (non-hydrogen) atoms. The van der Waals surface area contributed by atoms with Crippen LogP contribution in [0.5, 0.6) is 11.5 Å². The van der Waals surface area contributed by atoms with Crippen molar-refractivity contribution in [3.05, 3.63) is 47.0 Å². The Balaban J connectivity index is 2.31. The molecule has 1 amide bonds. The third-order valence-corrected chi connectivity index (χ3v) is 4.85. The van der Waals surface area contributed by atoms with Gasteiger partial charge in [0.15, 0.2) is 11.5 Å². The highest BCUT2D eigenvalue weighted by atomic mass is 32.2. The fourth-order valence-corrected chi connectivity index (χ4v) is 3.23. The molecule has 0 fully saturated rings. The second-order valence-electron chi connectivity index (χ2n) is 5.75. The van der Waals surface area contributed by atoms with Gasteiger partial charge in [-0.1, -0.05) is 6.07 Å². The molecule has 2 aromatic rings. The van der Waals surface area contributed by atoms with Crippen LogP contribution in [0.4, 0.5) is 5.69 Å². The molecule has 0 saturated carbocycles. The summed E-state index contributed by atoms with van der Waals surface area (Å²) >= 11 is 1.61. The average Bonchev–Trinajstić information content (AvgIpc) is 2.62. The van der Waals surface area contributed by atoms with Gasteiger partial charge >= 0.3 is 0 Å². The molecule has 5 nitrogen and oxygen atoms in total. The van der Waals surface area contributed by atoms with E-state index in [1.54, 1.807) is 50.1 Å². The first-order valence-corrected chi connectivity index (χ1v) is 9.04. The predicted molar refractivity (Wildman–Crippen MR) is 103 cm³/mol. The lowest BCUT2D eigenvalue weighted by Crippen LogP contribution is -2.27. The van der Waals surface area contributed by atoms with Crippen LogP contribution in [0.1, 0.15) is 21.5 Å². The first-order valence-electron chi connectivity index (χ1n) is 7.81. The number of carbonyl (C=O) groups is 1. The molecule has 0 aliphatic heterocycles. The molecular formula is C19H24N2O3S. The summed E-state index contributed by atoms with van der Waals surface area (Å²) < 4.78 is 10.7. The summed E-state index contributed by atoms with van der Waals surface area (Å²) in [6.45, 7) is 2.37. The summed E-state index contributed by atoms with van der Waals surface area (Å²) in [5.41, 5.74) is 8.94. The molecule has 134 valence electrons. The first kappa shape index (κ1) is 19.0. The van der Waals surface area contributed by atoms with Crippen molar-refractivity contribution in [1.82, 2.24) is 4.90 Å². The molecule has 2 N–H and O–H groups in total. The summed E-state index contributed by atoms with van der Waals surface area (Å²) in [5.74, 6) is 1.26. The smallest absolute Gasteiger partial charge is 0.254 e. The van der Waals surface area contributed by atoms with Crippen molar-refractivity contribution < 1.29 is 14.3 Å². The maximum atomic E-state index is 12.8. The van der Waals surface area contributed by atoms with E-state index >= 15 is 0 Å². The van der Waals surface area contributed by atoms with Crippen molar-refractivity contribution in [3.63, 3.8) is 0 Å². The van der Waals surface area contributed by atoms with E-state index in [1.807, 2.05) is 31.4 Å². The van der Waals surface area contributed by atoms with Gasteiger partial charge in [0.25, 0.3) is 5.91 Å². The number of methoxy groups -OCH3 is 2. The average molecular weight is 360 g/mol. The molecule has 0 heterocycles. The Morgan fingerprint density at radius 1 is 1.16 bits per heavy atom. The van der Waals surface area contributed by atoms with Crippen molar-refractivity contribution >= 4 is 23.4 Å². The second kappa shape index (κ2) is 8.16. The van der Waals surface area contributed by atoms with E-state index < -0.39 is 0 Å². The van der Waals surface area contributed by atoms with E-state index in [0.29, 0.717) is 29.3 Å². The van der Waals surface area contributed by atoms with Crippen molar-refractivity contribution in [3.8, 4) is 11.5 Å². The van der Waals surface area contributed by atoms with E-state index in [9.17, 15) is 4.79 Å². The second-order valence-corrected chi connectivity index (χ2v) is 6.60. The van der Waals surface area contributed by atoms with Gasteiger partial charge in [0, 0.05) is 29.7 Å². The molecule has 6 heteroatoms. The topological polar surface area (TPSA) is 64.8 Å². The van der Waals surface area contributed by atoms with Gasteiger partial charge in [-0.05, 0) is 48.6 Å². The maximum Gasteiger partial charge on any atom is 0.254 e. The number of nitrogen functional groups attached to an aromatic ring is 1. The third-order valence-electron chi connectivity index (χ3n) is 4.03. The first-order chi connectivity index (χ1) is 11.9. The Morgan fingerprint density at radius 2 is 1.80 bits per heavy atom. The normalized spacial score (nSPS) is 10.4. The fraction of sp³-hybridized carbons (Fsp3) is 0.316. The SMILES string of the molecule is COc1cc(CN(C)C(=O)c2cc(N)ccc2C)c(SC)cc1OC. The number of thioether (sulfide) groups is 1. The van der Waals surface area contributed by atoms with Crippen LogP contribution in [0.15, 0.2) is 35.2 Å². The van der Waals surface area contributed by atoms with E-state index in [4.69, 9.17) is 15.2 Å². The highest BCUT2D eigenvalue weighted by molar-refractivity contribution is 7.98. The Labute approximate surface area is 153 Å². The van der Waals surface area contributed by atoms with Crippen LogP contribution in [0.2, 0.25) is 0 Å². The molecule has 2 aromatic carbocycles. The standard InChI is InChI=1S/C19H24N2O3S/c1-12-6-7-14(20)9-15(12)19(22)21(2)11-13-8-16(23-3)17(24-4)10-18(13)25-5/h6-10H,11,20H2,1-5H3. The van der Waals surface area contributed by atoms with Crippen molar-refractivity contribution in [2.45, 2.75) is 18.4 Å². The minimum Gasteiger partial charge on any atom is -0.493 e. The molecule has 0 aliphatic carbocycles. The maximum absolute atomic E-state index is 12.8. The van der Waals surface area contributed by atoms with E-state index in [-0.39, 0.29) is 5.91 Å². The molecule has 0 spiro atoms. The largest absolute Gasteiger partial charge is 0.493 e. The van der Waals surface area contributed by atoms with Crippen LogP contribution in [0.3, 0.4) is 0 Å². The summed E-state index contributed by atoms with van der Waals surface area (Å²) in [5, 5.41) is 0. The molecule has 2 rings (SSSR count). The van der Waals surface area contributed by atoms with E-state index in [0.717, 1.165) is 16.0 Å². The lowest BCUT2D eigenvalue weighted by molar-refractivity contribution is 0.0783. The number of carbonyl (C=O) groups excluding carboxylic acids is 1. The molecule has 0 radical (unpaired) electrons. The van der Waals surface area contributed by atoms with Gasteiger partial charge in [-0.15, -0.1) is 11.8 Å². The number of nitrogens with zero attached hydrogens (tertiary/aromatic N) is 1. The Kier molecular flexibility index (Phi) is 6.20. The molecule has 0 unspecified atom stereocenters. The van der Waals surface area contributed by atoms with Crippen LogP contribution < -0.4 is 15.2 Å². The summed E-state index contributed by atoms with van der Waals surface area (Å²) in [6, 6.07) is 9.23. The Bertz CT molecular complexity index is 778. The van der Waals surface area contributed by atoms with Crippen molar-refractivity contribution in [1.29, 1.82) is 0 Å². The van der Waals surface area contributed by atoms with Gasteiger partial charge in [-0.25, -0.2) is 0 Å². The van der Waals surface area contributed by atoms with E-state index in [2.05, 4.69) is 0 Å². The zero-order chi connectivity index (χ0) is 18.6. The highest BCUT2D eigenvalue weighted by Gasteiger charge is 2.18. The monoisotopic (exact) mass is 360 g/mol. The number of aryl methyl sites for hydroxylation is 1. The molecule has 0 saturated heterocycles. The number of anilines is 1. The van der Waals surface area contributed by atoms with Gasteiger partial charge in [0.2, 0.25) is 0 Å². The Hall–Kier alpha value is -2.34. The Morgan fingerprint density at radius 3 is 2.40 bits per heavy atom. The molecule has 0 aromatic heterocycles. The van der Waals surface area contributed by atoms with Crippen LogP contribution in [0.25, 0.3) is 0 Å². The van der Waals surface area contributed by atoms with Gasteiger partial charge in [-0.3, -0.25) is 4.79 Å². The summed E-state index contributed by atoms with van der Waals surface area (Å²) in [6.07, 6.45) is 1.99. The number of hydrogen-bond acceptors (Lipinski definition) is 5. The van der Waals surface area contributed by atoms with Crippen LogP contribution >= 0.6 is 11.8 Å². The van der Waals surface area contributed by atoms with Crippen LogP contribution in [-0.2, 0) is 6.54 Å². The molecule has 0 bridgehead atoms. The zero-order valence-electron chi connectivity index (χ0n) is 15.3. The van der Waals surface area contributed by atoms with Gasteiger partial charge in [-0.2, -0.15) is 0 Å². The lowest BCUT2D eigenvalue weighted by Gasteiger charge is -2.21. The lowest BCUT2D eigenvalue weighted by atomic mass is 10.1. The predicted octanol–water partition coefficient (Wildman–Crippen LogP) is 3.59. The minimum atomic E-state index is -0.0633. The van der Waals surface area contributed by atoms with Crippen LogP contribution in [0, 0.1) is 6.92 Å². The molecular weight excluding hydrogens is 336 g/mol. The number of amides is 1. The van der Waals surface area contributed by atoms with Crippen LogP contribution in [-0.4, -0.2) is 38.3 Å². The van der Waals surface area contributed by atoms with E-state index in [1.165, 1.54) is 0 Å². The van der Waals surface area contributed by atoms with Crippen molar-refractivity contribution in [2.75, 3.05) is 33.3 Å². The zero-order valence-corrected chi connectivity index (χ0v) is 16.1. The summed E-state index contributed by atoms with van der Waals surface area (Å²) in [4.78, 5) is 15.5. The molecule has 0 aliphatic rings. The quantitative estimate of drug-likeness (QED) is 0.630. The fourth-order valence-electron chi connectivity index (χ4n) is 2.62. The number of benzene rings is 2. The minimum absolute atomic E-state index is 0.0633. The van der Waals surface area contributed by atoms with Gasteiger partial charge in [0.1, 0.15) is 0 Å². The summed E-state index contributed by atoms with van der Waals surface area (Å²) in [7, 11) is 5.00. The highest BCUT2D eigenvalue weighted by Crippen LogP contribution is 2.35. The number of nitrogens with two attached hydrogens (primary N) is 1. The molecule has 0 atom stereocenters. The van der Waals surface area contributed by atoms with Gasteiger partial charge < -0.3 is 20.1 Å². The number of rotatable bonds is 6. The van der Waals surface area contributed by atoms with Gasteiger partial charge in [0.05, 0.1) is 14.2 Å². The number of ether oxygens (including phenoxy) is 2.